The molecule has 3 aromatic heterocycles. The Bertz CT molecular complexity index is 1330. The second kappa shape index (κ2) is 6.53. The zero-order valence-corrected chi connectivity index (χ0v) is 16.8. The molecule has 0 bridgehead atoms. The van der Waals surface area contributed by atoms with Crippen molar-refractivity contribution in [2.45, 2.75) is 13.0 Å². The van der Waals surface area contributed by atoms with Crippen LogP contribution in [0.25, 0.3) is 33.5 Å². The number of nitrogens with one attached hydrogen (secondary N) is 1. The number of hydrogen-bond donors (Lipinski definition) is 1. The van der Waals surface area contributed by atoms with Gasteiger partial charge in [-0.05, 0) is 31.2 Å². The largest absolute Gasteiger partial charge is 0.377 e. The Balaban J connectivity index is 1.77. The summed E-state index contributed by atoms with van der Waals surface area (Å²) < 4.78 is 31.4. The normalized spacial score (nSPS) is 18.0. The zero-order valence-electron chi connectivity index (χ0n) is 16.0. The van der Waals surface area contributed by atoms with Gasteiger partial charge in [0.2, 0.25) is 10.0 Å². The van der Waals surface area contributed by atoms with Crippen LogP contribution in [0.2, 0.25) is 0 Å². The van der Waals surface area contributed by atoms with Crippen LogP contribution >= 0.6 is 0 Å². The number of aromatic amines is 1. The molecule has 1 fully saturated rings. The van der Waals surface area contributed by atoms with Crippen LogP contribution in [0.5, 0.6) is 0 Å². The van der Waals surface area contributed by atoms with Gasteiger partial charge in [0, 0.05) is 18.3 Å². The Morgan fingerprint density at radius 1 is 1.24 bits per heavy atom. The maximum atomic E-state index is 12.3. The Hall–Kier alpha value is -2.98. The van der Waals surface area contributed by atoms with E-state index in [-0.39, 0.29) is 6.04 Å². The van der Waals surface area contributed by atoms with Crippen molar-refractivity contribution < 1.29 is 13.2 Å². The van der Waals surface area contributed by atoms with Crippen LogP contribution in [-0.4, -0.2) is 64.4 Å². The van der Waals surface area contributed by atoms with Crippen LogP contribution in [0.3, 0.4) is 0 Å². The fourth-order valence-corrected chi connectivity index (χ4v) is 4.44. The lowest BCUT2D eigenvalue weighted by molar-refractivity contribution is 0.0987. The van der Waals surface area contributed by atoms with Crippen molar-refractivity contribution in [2.24, 2.45) is 0 Å². The van der Waals surface area contributed by atoms with E-state index in [4.69, 9.17) is 9.72 Å². The summed E-state index contributed by atoms with van der Waals surface area (Å²) >= 11 is 0. The lowest BCUT2D eigenvalue weighted by Gasteiger charge is -2.34. The van der Waals surface area contributed by atoms with Crippen LogP contribution in [0, 0.1) is 0 Å². The third-order valence-electron chi connectivity index (χ3n) is 5.17. The van der Waals surface area contributed by atoms with E-state index in [1.807, 2.05) is 18.2 Å². The summed E-state index contributed by atoms with van der Waals surface area (Å²) in [4.78, 5) is 19.0. The predicted molar refractivity (Wildman–Crippen MR) is 110 cm³/mol. The van der Waals surface area contributed by atoms with Crippen LogP contribution < -0.4 is 4.90 Å². The second-order valence-corrected chi connectivity index (χ2v) is 9.09. The summed E-state index contributed by atoms with van der Waals surface area (Å²) in [7, 11) is -3.50. The molecule has 150 valence electrons. The monoisotopic (exact) mass is 412 g/mol. The number of hydrogen-bond acceptors (Lipinski definition) is 7. The highest BCUT2D eigenvalue weighted by Gasteiger charge is 2.25. The van der Waals surface area contributed by atoms with Gasteiger partial charge in [-0.3, -0.25) is 0 Å². The fraction of sp³-hybridized carbons (Fsp3) is 0.316. The van der Waals surface area contributed by atoms with E-state index in [1.165, 1.54) is 16.4 Å². The van der Waals surface area contributed by atoms with Crippen molar-refractivity contribution in [1.29, 1.82) is 0 Å². The Morgan fingerprint density at radius 2 is 2.10 bits per heavy atom. The molecule has 5 rings (SSSR count). The van der Waals surface area contributed by atoms with Gasteiger partial charge >= 0.3 is 0 Å². The van der Waals surface area contributed by atoms with Crippen molar-refractivity contribution in [3.05, 3.63) is 36.8 Å². The molecule has 4 heterocycles. The van der Waals surface area contributed by atoms with Gasteiger partial charge in [0.1, 0.15) is 5.82 Å². The van der Waals surface area contributed by atoms with Crippen molar-refractivity contribution in [1.82, 2.24) is 23.9 Å². The highest BCUT2D eigenvalue weighted by Crippen LogP contribution is 2.31. The first-order chi connectivity index (χ1) is 13.9. The van der Waals surface area contributed by atoms with E-state index in [9.17, 15) is 8.42 Å². The summed E-state index contributed by atoms with van der Waals surface area (Å²) in [6, 6.07) is 7.58. The van der Waals surface area contributed by atoms with Gasteiger partial charge in [-0.2, -0.15) is 0 Å². The van der Waals surface area contributed by atoms with Crippen molar-refractivity contribution in [3.63, 3.8) is 0 Å². The Morgan fingerprint density at radius 3 is 2.90 bits per heavy atom. The SMILES string of the molecule is C[C@@H]1COCCN1c1nc(-c2ccc3nc[nH]c3c2)nc2c1ccn2S(C)(=O)=O. The number of benzene rings is 1. The van der Waals surface area contributed by atoms with E-state index >= 15 is 0 Å². The van der Waals surface area contributed by atoms with E-state index in [1.54, 1.807) is 12.4 Å². The first kappa shape index (κ1) is 18.1. The highest BCUT2D eigenvalue weighted by molar-refractivity contribution is 7.89. The summed E-state index contributed by atoms with van der Waals surface area (Å²) in [6.45, 7) is 3.93. The van der Waals surface area contributed by atoms with Crippen molar-refractivity contribution in [2.75, 3.05) is 30.9 Å². The van der Waals surface area contributed by atoms with Crippen LogP contribution in [-0.2, 0) is 14.8 Å². The third kappa shape index (κ3) is 3.04. The van der Waals surface area contributed by atoms with E-state index in [2.05, 4.69) is 26.8 Å². The molecule has 0 saturated carbocycles. The number of imidazole rings is 1. The zero-order chi connectivity index (χ0) is 20.2. The van der Waals surface area contributed by atoms with E-state index in [0.717, 1.165) is 16.6 Å². The van der Waals surface area contributed by atoms with Gasteiger partial charge < -0.3 is 14.6 Å². The maximum absolute atomic E-state index is 12.3. The average Bonchev–Trinajstić information content (AvgIpc) is 3.33. The number of anilines is 1. The minimum Gasteiger partial charge on any atom is -0.377 e. The Kier molecular flexibility index (Phi) is 4.07. The molecule has 0 unspecified atom stereocenters. The number of fused-ring (bicyclic) bond motifs is 2. The minimum absolute atomic E-state index is 0.117. The number of H-pyrrole nitrogens is 1. The number of morpholine rings is 1. The molecule has 1 aliphatic rings. The van der Waals surface area contributed by atoms with Gasteiger partial charge in [0.15, 0.2) is 11.5 Å². The van der Waals surface area contributed by atoms with E-state index < -0.39 is 10.0 Å². The van der Waals surface area contributed by atoms with Crippen molar-refractivity contribution in [3.8, 4) is 11.4 Å². The molecule has 1 aliphatic heterocycles. The third-order valence-corrected chi connectivity index (χ3v) is 6.18. The molecule has 29 heavy (non-hydrogen) atoms. The smallest absolute Gasteiger partial charge is 0.237 e. The number of ether oxygens (including phenoxy) is 1. The van der Waals surface area contributed by atoms with Gasteiger partial charge in [-0.25, -0.2) is 27.3 Å². The highest BCUT2D eigenvalue weighted by atomic mass is 32.2. The van der Waals surface area contributed by atoms with Gasteiger partial charge in [0.25, 0.3) is 0 Å². The topological polar surface area (TPSA) is 106 Å². The summed E-state index contributed by atoms with van der Waals surface area (Å²) in [5, 5.41) is 0.704. The molecular weight excluding hydrogens is 392 g/mol. The standard InChI is InChI=1S/C19H20N6O3S/c1-12-10-28-8-7-24(12)18-14-5-6-25(29(2,26)27)19(14)23-17(22-18)13-3-4-15-16(9-13)21-11-20-15/h3-6,9,11-12H,7-8,10H2,1-2H3,(H,20,21)/t12-/m1/s1. The molecule has 1 saturated heterocycles. The quantitative estimate of drug-likeness (QED) is 0.549. The van der Waals surface area contributed by atoms with Gasteiger partial charge in [-0.15, -0.1) is 0 Å². The molecule has 0 radical (unpaired) electrons. The van der Waals surface area contributed by atoms with Crippen LogP contribution in [0.15, 0.2) is 36.8 Å². The maximum Gasteiger partial charge on any atom is 0.237 e. The number of nitrogens with zero attached hydrogens (tertiary/aromatic N) is 5. The molecule has 9 nitrogen and oxygen atoms in total. The summed E-state index contributed by atoms with van der Waals surface area (Å²) in [5.74, 6) is 1.18. The molecule has 1 N–H and O–H groups in total. The minimum atomic E-state index is -3.50. The lowest BCUT2D eigenvalue weighted by atomic mass is 10.1. The molecule has 1 atom stereocenters. The predicted octanol–water partition coefficient (Wildman–Crippen LogP) is 2.01. The molecule has 0 amide bonds. The first-order valence-corrected chi connectivity index (χ1v) is 11.1. The average molecular weight is 412 g/mol. The van der Waals surface area contributed by atoms with Gasteiger partial charge in [-0.1, -0.05) is 0 Å². The number of rotatable bonds is 3. The summed E-state index contributed by atoms with van der Waals surface area (Å²) in [6.07, 6.45) is 4.33. The van der Waals surface area contributed by atoms with Crippen LogP contribution in [0.4, 0.5) is 5.82 Å². The molecule has 4 aromatic rings. The lowest BCUT2D eigenvalue weighted by Crippen LogP contribution is -2.44. The summed E-state index contributed by atoms with van der Waals surface area (Å²) in [5.41, 5.74) is 2.87. The molecule has 1 aromatic carbocycles. The van der Waals surface area contributed by atoms with Crippen molar-refractivity contribution >= 4 is 37.9 Å². The Labute approximate surface area is 167 Å². The number of aromatic nitrogens is 5. The molecular formula is C19H20N6O3S. The van der Waals surface area contributed by atoms with Gasteiger partial charge in [0.05, 0.1) is 48.3 Å². The second-order valence-electron chi connectivity index (χ2n) is 7.23. The fourth-order valence-electron chi connectivity index (χ4n) is 3.71. The molecule has 10 heteroatoms. The van der Waals surface area contributed by atoms with E-state index in [0.29, 0.717) is 42.4 Å². The molecule has 0 spiro atoms. The first-order valence-electron chi connectivity index (χ1n) is 9.29. The molecule has 0 aliphatic carbocycles. The van der Waals surface area contributed by atoms with Crippen LogP contribution in [0.1, 0.15) is 6.92 Å².